The van der Waals surface area contributed by atoms with Crippen molar-refractivity contribution in [3.8, 4) is 11.5 Å². The maximum absolute atomic E-state index is 11.7. The molecule has 8 heteroatoms. The number of rotatable bonds is 5. The predicted molar refractivity (Wildman–Crippen MR) is 167 cm³/mol. The zero-order chi connectivity index (χ0) is 31.4. The van der Waals surface area contributed by atoms with E-state index in [1.165, 1.54) is 24.1 Å². The van der Waals surface area contributed by atoms with Crippen LogP contribution in [0, 0.1) is 45.3 Å². The molecule has 6 nitrogen and oxygen atoms in total. The number of fused-ring (bicyclic) bond motifs is 7. The van der Waals surface area contributed by atoms with E-state index in [0.717, 1.165) is 63.4 Å². The van der Waals surface area contributed by atoms with Crippen molar-refractivity contribution in [2.45, 2.75) is 131 Å². The van der Waals surface area contributed by atoms with Gasteiger partial charge >= 0.3 is 29.6 Å². The second kappa shape index (κ2) is 11.3. The molecule has 240 valence electrons. The second-order valence-corrected chi connectivity index (χ2v) is 17.9. The Morgan fingerprint density at radius 2 is 1.57 bits per heavy atom. The largest absolute Gasteiger partial charge is 1.00 e. The predicted octanol–water partition coefficient (Wildman–Crippen LogP) is 4.82. The van der Waals surface area contributed by atoms with Crippen molar-refractivity contribution in [1.82, 2.24) is 0 Å². The fraction of sp³-hybridized carbons (Fsp3) is 0.778. The molecule has 9 atom stereocenters. The fourth-order valence-electron chi connectivity index (χ4n) is 12.4. The van der Waals surface area contributed by atoms with Crippen LogP contribution in [-0.2, 0) is 22.2 Å². The van der Waals surface area contributed by atoms with Crippen LogP contribution in [0.5, 0.6) is 11.5 Å². The van der Waals surface area contributed by atoms with Gasteiger partial charge in [0.15, 0.2) is 0 Å². The van der Waals surface area contributed by atoms with E-state index in [4.69, 9.17) is 4.18 Å². The third-order valence-corrected chi connectivity index (χ3v) is 14.9. The Labute approximate surface area is 288 Å². The van der Waals surface area contributed by atoms with Gasteiger partial charge in [-0.2, -0.15) is 0 Å². The number of phenols is 1. The zero-order valence-corrected chi connectivity index (χ0v) is 31.1. The molecule has 3 fully saturated rings. The minimum absolute atomic E-state index is 0. The first-order chi connectivity index (χ1) is 19.9. The molecule has 0 aliphatic heterocycles. The standard InChI is InChI=1S/C36H54O6S.Na/c1-22-9-8-16-32(2,3)24(22)12-17-35(6)28-13-18-34(5)27(33(28,4)20-15-30(35)38)14-19-36(7)29(34)21-23-25(37)10-11-26(31(23)36)42-43(39,40)41;/h9-11,24,27-30,37-38H,8,12-21H2,1-7H3,(H,39,40,41);/q;+1/p-1/t24?,27-,28-,29+,30+,33-,34-,35+,36+;/m1./s1. The summed E-state index contributed by atoms with van der Waals surface area (Å²) in [7, 11) is -4.94. The van der Waals surface area contributed by atoms with Crippen molar-refractivity contribution in [2.24, 2.45) is 45.3 Å². The molecule has 6 rings (SSSR count). The number of aromatic hydroxyl groups is 1. The van der Waals surface area contributed by atoms with Crippen LogP contribution in [0.4, 0.5) is 0 Å². The summed E-state index contributed by atoms with van der Waals surface area (Å²) in [6.07, 6.45) is 13.2. The van der Waals surface area contributed by atoms with Crippen LogP contribution in [-0.4, -0.2) is 29.3 Å². The maximum atomic E-state index is 11.7. The summed E-state index contributed by atoms with van der Waals surface area (Å²) in [5, 5.41) is 22.6. The van der Waals surface area contributed by atoms with Crippen molar-refractivity contribution in [1.29, 1.82) is 0 Å². The van der Waals surface area contributed by atoms with E-state index in [1.807, 2.05) is 0 Å². The first kappa shape index (κ1) is 34.8. The smallest absolute Gasteiger partial charge is 0.716 e. The van der Waals surface area contributed by atoms with E-state index in [1.54, 1.807) is 0 Å². The van der Waals surface area contributed by atoms with E-state index < -0.39 is 15.8 Å². The van der Waals surface area contributed by atoms with Gasteiger partial charge in [-0.25, -0.2) is 8.42 Å². The second-order valence-electron chi connectivity index (χ2n) is 16.9. The van der Waals surface area contributed by atoms with Gasteiger partial charge in [-0.15, -0.1) is 0 Å². The summed E-state index contributed by atoms with van der Waals surface area (Å²) in [5.41, 5.74) is 2.80. The summed E-state index contributed by atoms with van der Waals surface area (Å²) in [6, 6.07) is 2.92. The number of hydrogen-bond donors (Lipinski definition) is 2. The first-order valence-corrected chi connectivity index (χ1v) is 18.1. The molecule has 0 radical (unpaired) electrons. The molecule has 0 spiro atoms. The van der Waals surface area contributed by atoms with E-state index in [9.17, 15) is 23.2 Å². The zero-order valence-electron chi connectivity index (χ0n) is 28.3. The molecule has 5 aliphatic rings. The van der Waals surface area contributed by atoms with Crippen molar-refractivity contribution in [2.75, 3.05) is 0 Å². The van der Waals surface area contributed by atoms with Gasteiger partial charge in [0.05, 0.1) is 6.10 Å². The molecular weight excluding hydrogens is 583 g/mol. The maximum Gasteiger partial charge on any atom is 1.00 e. The Morgan fingerprint density at radius 3 is 2.23 bits per heavy atom. The summed E-state index contributed by atoms with van der Waals surface area (Å²) < 4.78 is 40.0. The Bertz CT molecular complexity index is 1440. The summed E-state index contributed by atoms with van der Waals surface area (Å²) >= 11 is 0. The van der Waals surface area contributed by atoms with Crippen molar-refractivity contribution in [3.05, 3.63) is 34.9 Å². The van der Waals surface area contributed by atoms with Crippen LogP contribution in [0.3, 0.4) is 0 Å². The van der Waals surface area contributed by atoms with Gasteiger partial charge in [-0.1, -0.05) is 53.2 Å². The van der Waals surface area contributed by atoms with Crippen molar-refractivity contribution >= 4 is 10.4 Å². The Kier molecular flexibility index (Phi) is 8.89. The van der Waals surface area contributed by atoms with Crippen molar-refractivity contribution in [3.63, 3.8) is 0 Å². The number of aliphatic hydroxyl groups is 1. The average molecular weight is 637 g/mol. The van der Waals surface area contributed by atoms with E-state index in [2.05, 4.69) is 54.5 Å². The van der Waals surface area contributed by atoms with Crippen LogP contribution in [0.25, 0.3) is 0 Å². The number of aliphatic hydroxyl groups excluding tert-OH is 1. The third-order valence-electron chi connectivity index (χ3n) is 14.5. The average Bonchev–Trinajstić information content (AvgIpc) is 3.22. The van der Waals surface area contributed by atoms with Crippen LogP contribution >= 0.6 is 0 Å². The Balaban J connectivity index is 0.00000384. The monoisotopic (exact) mass is 636 g/mol. The minimum Gasteiger partial charge on any atom is -0.716 e. The molecule has 0 bridgehead atoms. The number of phenolic OH excluding ortho intramolecular Hbond substituents is 1. The van der Waals surface area contributed by atoms with Gasteiger partial charge < -0.3 is 18.9 Å². The number of allylic oxidation sites excluding steroid dienone is 2. The quantitative estimate of drug-likeness (QED) is 0.208. The molecule has 1 unspecified atom stereocenters. The van der Waals surface area contributed by atoms with Gasteiger partial charge in [0, 0.05) is 16.5 Å². The third kappa shape index (κ3) is 5.17. The summed E-state index contributed by atoms with van der Waals surface area (Å²) in [6.45, 7) is 16.7. The molecule has 0 aromatic heterocycles. The fourth-order valence-corrected chi connectivity index (χ4v) is 12.8. The van der Waals surface area contributed by atoms with Gasteiger partial charge in [-0.05, 0) is 135 Å². The number of benzene rings is 1. The van der Waals surface area contributed by atoms with Crippen molar-refractivity contribution < 1.29 is 56.9 Å². The molecule has 0 saturated heterocycles. The molecule has 44 heavy (non-hydrogen) atoms. The molecule has 3 saturated carbocycles. The Morgan fingerprint density at radius 1 is 0.932 bits per heavy atom. The Hall–Kier alpha value is -0.570. The van der Waals surface area contributed by atoms with E-state index in [0.29, 0.717) is 29.7 Å². The van der Waals surface area contributed by atoms with Crippen LogP contribution in [0.2, 0.25) is 0 Å². The molecule has 5 aliphatic carbocycles. The van der Waals surface area contributed by atoms with E-state index in [-0.39, 0.29) is 74.7 Å². The SMILES string of the molecule is CC1=CCCC(C)(C)C1CC[C@@]1(C)[C@@H]2CC[C@]3(C)[C@H](CC[C@]4(C)c5c(OS(=O)(=O)[O-])ccc(O)c5C[C@@H]34)[C@@]2(C)CC[C@@H]1O.[Na+]. The van der Waals surface area contributed by atoms with E-state index >= 15 is 0 Å². The van der Waals surface area contributed by atoms with Gasteiger partial charge in [0.1, 0.15) is 11.5 Å². The number of hydrogen-bond acceptors (Lipinski definition) is 6. The molecule has 1 aromatic rings. The molecule has 0 heterocycles. The first-order valence-electron chi connectivity index (χ1n) is 16.7. The van der Waals surface area contributed by atoms with Gasteiger partial charge in [0.25, 0.3) is 10.4 Å². The minimum atomic E-state index is -4.94. The van der Waals surface area contributed by atoms with Gasteiger partial charge in [-0.3, -0.25) is 0 Å². The van der Waals surface area contributed by atoms with Crippen LogP contribution in [0.1, 0.15) is 124 Å². The molecule has 0 amide bonds. The normalized spacial score (nSPS) is 42.6. The van der Waals surface area contributed by atoms with Crippen LogP contribution < -0.4 is 33.7 Å². The summed E-state index contributed by atoms with van der Waals surface area (Å²) in [4.78, 5) is 0. The molecule has 2 N–H and O–H groups in total. The summed E-state index contributed by atoms with van der Waals surface area (Å²) in [5.74, 6) is 1.89. The molecule has 1 aromatic carbocycles. The topological polar surface area (TPSA) is 107 Å². The van der Waals surface area contributed by atoms with Crippen LogP contribution in [0.15, 0.2) is 23.8 Å². The van der Waals surface area contributed by atoms with Gasteiger partial charge in [0.2, 0.25) is 0 Å². The molecular formula is C36H53NaO6S.